The van der Waals surface area contributed by atoms with Crippen LogP contribution in [0.25, 0.3) is 27.8 Å². The SMILES string of the molecule is COc1ccc(-c2cc(-c3cccnc3)c3cncn3c2)cc1OC. The van der Waals surface area contributed by atoms with Crippen LogP contribution in [-0.4, -0.2) is 28.6 Å². The van der Waals surface area contributed by atoms with Crippen molar-refractivity contribution in [1.82, 2.24) is 14.4 Å². The number of pyridine rings is 2. The van der Waals surface area contributed by atoms with Gasteiger partial charge in [0.2, 0.25) is 0 Å². The summed E-state index contributed by atoms with van der Waals surface area (Å²) in [5.41, 5.74) is 5.27. The van der Waals surface area contributed by atoms with Gasteiger partial charge in [-0.3, -0.25) is 4.98 Å². The lowest BCUT2D eigenvalue weighted by atomic mass is 10.0. The van der Waals surface area contributed by atoms with Gasteiger partial charge in [-0.15, -0.1) is 0 Å². The van der Waals surface area contributed by atoms with Crippen LogP contribution >= 0.6 is 0 Å². The molecule has 3 aromatic heterocycles. The van der Waals surface area contributed by atoms with Gasteiger partial charge in [-0.05, 0) is 35.4 Å². The molecule has 25 heavy (non-hydrogen) atoms. The van der Waals surface area contributed by atoms with E-state index in [0.717, 1.165) is 27.8 Å². The second-order valence-electron chi connectivity index (χ2n) is 5.64. The van der Waals surface area contributed by atoms with E-state index in [1.165, 1.54) is 0 Å². The van der Waals surface area contributed by atoms with Crippen molar-refractivity contribution in [2.75, 3.05) is 14.2 Å². The number of benzene rings is 1. The molecule has 0 aliphatic rings. The van der Waals surface area contributed by atoms with E-state index in [2.05, 4.69) is 22.2 Å². The van der Waals surface area contributed by atoms with Gasteiger partial charge in [-0.2, -0.15) is 0 Å². The number of rotatable bonds is 4. The van der Waals surface area contributed by atoms with Crippen LogP contribution in [0.5, 0.6) is 11.5 Å². The molecule has 0 aliphatic carbocycles. The van der Waals surface area contributed by atoms with Crippen molar-refractivity contribution in [2.24, 2.45) is 0 Å². The molecular weight excluding hydrogens is 314 g/mol. The maximum atomic E-state index is 5.43. The molecule has 0 atom stereocenters. The molecule has 5 heteroatoms. The minimum absolute atomic E-state index is 0.702. The molecule has 0 fully saturated rings. The fourth-order valence-electron chi connectivity index (χ4n) is 2.96. The Morgan fingerprint density at radius 1 is 0.840 bits per heavy atom. The first-order valence-corrected chi connectivity index (χ1v) is 7.88. The lowest BCUT2D eigenvalue weighted by molar-refractivity contribution is 0.355. The van der Waals surface area contributed by atoms with E-state index < -0.39 is 0 Å². The molecule has 0 bridgehead atoms. The van der Waals surface area contributed by atoms with Crippen LogP contribution in [0.2, 0.25) is 0 Å². The van der Waals surface area contributed by atoms with Gasteiger partial charge in [0, 0.05) is 29.7 Å². The lowest BCUT2D eigenvalue weighted by Crippen LogP contribution is -1.93. The third kappa shape index (κ3) is 2.70. The van der Waals surface area contributed by atoms with E-state index in [9.17, 15) is 0 Å². The Labute approximate surface area is 145 Å². The minimum atomic E-state index is 0.702. The summed E-state index contributed by atoms with van der Waals surface area (Å²) in [7, 11) is 3.28. The van der Waals surface area contributed by atoms with Crippen molar-refractivity contribution >= 4 is 5.52 Å². The molecule has 3 heterocycles. The number of hydrogen-bond acceptors (Lipinski definition) is 4. The van der Waals surface area contributed by atoms with Crippen LogP contribution < -0.4 is 9.47 Å². The van der Waals surface area contributed by atoms with Gasteiger partial charge in [0.15, 0.2) is 11.5 Å². The zero-order valence-corrected chi connectivity index (χ0v) is 14.0. The average molecular weight is 331 g/mol. The third-order valence-corrected chi connectivity index (χ3v) is 4.21. The molecule has 0 saturated heterocycles. The number of aromatic nitrogens is 3. The number of imidazole rings is 1. The Hall–Kier alpha value is -3.34. The summed E-state index contributed by atoms with van der Waals surface area (Å²) in [6.45, 7) is 0. The number of nitrogens with zero attached hydrogens (tertiary/aromatic N) is 3. The fraction of sp³-hybridized carbons (Fsp3) is 0.100. The fourth-order valence-corrected chi connectivity index (χ4v) is 2.96. The van der Waals surface area contributed by atoms with Crippen molar-refractivity contribution in [3.8, 4) is 33.8 Å². The summed E-state index contributed by atoms with van der Waals surface area (Å²) in [6.07, 6.45) is 9.36. The van der Waals surface area contributed by atoms with Gasteiger partial charge in [0.1, 0.15) is 0 Å². The van der Waals surface area contributed by atoms with E-state index in [4.69, 9.17) is 9.47 Å². The van der Waals surface area contributed by atoms with Crippen LogP contribution in [0.15, 0.2) is 67.5 Å². The van der Waals surface area contributed by atoms with E-state index >= 15 is 0 Å². The molecule has 0 saturated carbocycles. The predicted molar refractivity (Wildman–Crippen MR) is 97.0 cm³/mol. The normalized spacial score (nSPS) is 10.8. The lowest BCUT2D eigenvalue weighted by Gasteiger charge is -2.12. The first-order valence-electron chi connectivity index (χ1n) is 7.88. The highest BCUT2D eigenvalue weighted by atomic mass is 16.5. The Bertz CT molecular complexity index is 1030. The maximum Gasteiger partial charge on any atom is 0.161 e. The molecule has 4 aromatic rings. The zero-order valence-electron chi connectivity index (χ0n) is 14.0. The van der Waals surface area contributed by atoms with Crippen molar-refractivity contribution in [2.45, 2.75) is 0 Å². The molecule has 124 valence electrons. The molecule has 4 rings (SSSR count). The monoisotopic (exact) mass is 331 g/mol. The van der Waals surface area contributed by atoms with Gasteiger partial charge in [0.25, 0.3) is 0 Å². The topological polar surface area (TPSA) is 48.7 Å². The summed E-state index contributed by atoms with van der Waals surface area (Å²) in [4.78, 5) is 8.52. The van der Waals surface area contributed by atoms with E-state index in [1.54, 1.807) is 26.7 Å². The van der Waals surface area contributed by atoms with Crippen LogP contribution in [-0.2, 0) is 0 Å². The van der Waals surface area contributed by atoms with Crippen LogP contribution in [0.3, 0.4) is 0 Å². The average Bonchev–Trinajstić information content (AvgIpc) is 3.16. The number of ether oxygens (including phenoxy) is 2. The molecule has 1 aromatic carbocycles. The standard InChI is InChI=1S/C20H17N3O2/c1-24-19-6-5-14(9-20(19)25-2)16-8-17(15-4-3-7-21-10-15)18-11-22-13-23(18)12-16/h3-13H,1-2H3. The molecule has 0 unspecified atom stereocenters. The van der Waals surface area contributed by atoms with Crippen molar-refractivity contribution < 1.29 is 9.47 Å². The Balaban J connectivity index is 1.92. The maximum absolute atomic E-state index is 5.43. The van der Waals surface area contributed by atoms with Gasteiger partial charge in [0.05, 0.1) is 32.3 Å². The van der Waals surface area contributed by atoms with Gasteiger partial charge < -0.3 is 13.9 Å². The summed E-state index contributed by atoms with van der Waals surface area (Å²) >= 11 is 0. The Morgan fingerprint density at radius 2 is 1.72 bits per heavy atom. The van der Waals surface area contributed by atoms with Crippen LogP contribution in [0.1, 0.15) is 0 Å². The molecule has 5 nitrogen and oxygen atoms in total. The van der Waals surface area contributed by atoms with Gasteiger partial charge in [-0.25, -0.2) is 4.98 Å². The molecule has 0 amide bonds. The van der Waals surface area contributed by atoms with Crippen molar-refractivity contribution in [3.63, 3.8) is 0 Å². The van der Waals surface area contributed by atoms with E-state index in [1.807, 2.05) is 47.1 Å². The number of hydrogen-bond donors (Lipinski definition) is 0. The van der Waals surface area contributed by atoms with E-state index in [-0.39, 0.29) is 0 Å². The van der Waals surface area contributed by atoms with Gasteiger partial charge >= 0.3 is 0 Å². The highest BCUT2D eigenvalue weighted by molar-refractivity contribution is 5.84. The predicted octanol–water partition coefficient (Wildman–Crippen LogP) is 4.08. The second-order valence-corrected chi connectivity index (χ2v) is 5.64. The quantitative estimate of drug-likeness (QED) is 0.565. The van der Waals surface area contributed by atoms with Crippen LogP contribution in [0, 0.1) is 0 Å². The number of methoxy groups -OCH3 is 2. The first-order chi connectivity index (χ1) is 12.3. The third-order valence-electron chi connectivity index (χ3n) is 4.21. The van der Waals surface area contributed by atoms with Crippen molar-refractivity contribution in [1.29, 1.82) is 0 Å². The molecule has 0 spiro atoms. The summed E-state index contributed by atoms with van der Waals surface area (Å²) in [5.74, 6) is 1.41. The minimum Gasteiger partial charge on any atom is -0.493 e. The Kier molecular flexibility index (Phi) is 3.82. The molecular formula is C20H17N3O2. The second kappa shape index (κ2) is 6.28. The van der Waals surface area contributed by atoms with Crippen LogP contribution in [0.4, 0.5) is 0 Å². The van der Waals surface area contributed by atoms with Gasteiger partial charge in [-0.1, -0.05) is 12.1 Å². The highest BCUT2D eigenvalue weighted by Crippen LogP contribution is 2.35. The highest BCUT2D eigenvalue weighted by Gasteiger charge is 2.11. The smallest absolute Gasteiger partial charge is 0.161 e. The zero-order chi connectivity index (χ0) is 17.2. The Morgan fingerprint density at radius 3 is 2.48 bits per heavy atom. The summed E-state index contributed by atoms with van der Waals surface area (Å²) in [6, 6.07) is 12.0. The summed E-state index contributed by atoms with van der Waals surface area (Å²) in [5, 5.41) is 0. The molecule has 0 radical (unpaired) electrons. The van der Waals surface area contributed by atoms with Crippen molar-refractivity contribution in [3.05, 3.63) is 67.5 Å². The number of fused-ring (bicyclic) bond motifs is 1. The summed E-state index contributed by atoms with van der Waals surface area (Å²) < 4.78 is 12.8. The molecule has 0 aliphatic heterocycles. The molecule has 0 N–H and O–H groups in total. The first kappa shape index (κ1) is 15.2. The van der Waals surface area contributed by atoms with E-state index in [0.29, 0.717) is 11.5 Å². The largest absolute Gasteiger partial charge is 0.493 e.